The van der Waals surface area contributed by atoms with Crippen molar-refractivity contribution in [2.45, 2.75) is 24.9 Å². The maximum atomic E-state index is 13.8. The van der Waals surface area contributed by atoms with E-state index in [0.29, 0.717) is 0 Å². The molecule has 1 radical (unpaired) electrons. The van der Waals surface area contributed by atoms with Crippen molar-refractivity contribution in [3.8, 4) is 17.2 Å². The number of Topliss-reactive ketones (excluding diaryl/α,β-unsaturated/α-hetero) is 1. The third-order valence-electron chi connectivity index (χ3n) is 10.6. The van der Waals surface area contributed by atoms with Crippen LogP contribution in [-0.4, -0.2) is 28.9 Å². The molecule has 8 aromatic rings. The molecule has 365 valence electrons. The summed E-state index contributed by atoms with van der Waals surface area (Å²) >= 11 is 0. The Morgan fingerprint density at radius 2 is 0.972 bits per heavy atom. The minimum absolute atomic E-state index is 0. The van der Waals surface area contributed by atoms with Crippen LogP contribution < -0.4 is 36.9 Å². The monoisotopic (exact) mass is 1150 g/mol. The van der Waals surface area contributed by atoms with E-state index in [1.807, 2.05) is 165 Å². The van der Waals surface area contributed by atoms with E-state index < -0.39 is 66.0 Å². The number of carbonyl (C=O) groups excluding carboxylic acids is 1. The minimum Gasteiger partial charge on any atom is -0.506 e. The Morgan fingerprint density at radius 1 is 0.592 bits per heavy atom. The second-order valence-electron chi connectivity index (χ2n) is 15.0. The number of carbonyl (C=O) groups is 1. The number of alkyl halides is 7. The quantitative estimate of drug-likeness (QED) is 0.0426. The number of benzene rings is 7. The molecule has 0 fully saturated rings. The van der Waals surface area contributed by atoms with Gasteiger partial charge in [-0.3, -0.25) is 4.79 Å². The van der Waals surface area contributed by atoms with Gasteiger partial charge in [0, 0.05) is 81.2 Å². The van der Waals surface area contributed by atoms with Crippen LogP contribution in [0.2, 0.25) is 0 Å². The van der Waals surface area contributed by atoms with Gasteiger partial charge in [-0.2, -0.15) is 30.7 Å². The molecule has 1 N–H and O–H groups in total. The summed E-state index contributed by atoms with van der Waals surface area (Å²) in [5.41, 5.74) is -4.67. The predicted molar refractivity (Wildman–Crippen MR) is 260 cm³/mol. The number of hydrogen-bond acceptors (Lipinski definition) is 7. The molecule has 17 heteroatoms. The Bertz CT molecular complexity index is 3100. The van der Waals surface area contributed by atoms with Crippen molar-refractivity contribution >= 4 is 57.6 Å². The Balaban J connectivity index is 0.000000205. The molecule has 0 unspecified atom stereocenters. The standard InChI is InChI=1S/C19H9F7O5.C18H15OP.C17H17OP.Eu/c20-17(21,18(22,23)19(24,25)26)15(28)12-13(27)10-7-4-8-11(14(10)31-16(12)29)30-9-5-2-1-3-6-9;19-20(16-10-4-1-5-11-16,17-12-6-2-7-13-17)18-14-8-3-9-15-18;1-3-15(4-2)19(18,16-11-7-5-8-12-16)17-13-9-6-10-14-17;/h1-8,27H;1-15H;3-14H,1H2,2H3;/b;;15-4+;. The van der Waals surface area contributed by atoms with Crippen LogP contribution >= 0.6 is 14.3 Å². The normalized spacial score (nSPS) is 12.0. The number of ether oxygens (including phenoxy) is 1. The van der Waals surface area contributed by atoms with E-state index in [2.05, 4.69) is 11.0 Å². The molecule has 0 aliphatic rings. The second kappa shape index (κ2) is 24.0. The van der Waals surface area contributed by atoms with Crippen molar-refractivity contribution < 1.29 is 108 Å². The fourth-order valence-corrected chi connectivity index (χ4v) is 12.4. The summed E-state index contributed by atoms with van der Waals surface area (Å²) in [5, 5.41) is 14.6. The second-order valence-corrected chi connectivity index (χ2v) is 20.5. The van der Waals surface area contributed by atoms with E-state index in [1.54, 1.807) is 24.3 Å². The van der Waals surface area contributed by atoms with Gasteiger partial charge in [-0.15, -0.1) is 0 Å². The van der Waals surface area contributed by atoms with Gasteiger partial charge in [0.25, 0.3) is 0 Å². The van der Waals surface area contributed by atoms with E-state index in [4.69, 9.17) is 4.74 Å². The van der Waals surface area contributed by atoms with E-state index in [9.17, 15) is 54.6 Å². The molecular weight excluding hydrogens is 1110 g/mol. The zero-order valence-electron chi connectivity index (χ0n) is 37.2. The van der Waals surface area contributed by atoms with Gasteiger partial charge in [0.15, 0.2) is 31.2 Å². The molecule has 0 aliphatic carbocycles. The summed E-state index contributed by atoms with van der Waals surface area (Å²) in [4.78, 5) is 23.9. The fourth-order valence-electron chi connectivity index (χ4n) is 7.07. The Labute approximate surface area is 444 Å². The molecule has 1 aromatic heterocycles. The zero-order valence-corrected chi connectivity index (χ0v) is 41.4. The van der Waals surface area contributed by atoms with Crippen molar-refractivity contribution in [1.82, 2.24) is 0 Å². The van der Waals surface area contributed by atoms with Crippen LogP contribution in [0.15, 0.2) is 233 Å². The summed E-state index contributed by atoms with van der Waals surface area (Å²) < 4.78 is 129. The van der Waals surface area contributed by atoms with Crippen molar-refractivity contribution in [2.24, 2.45) is 0 Å². The Morgan fingerprint density at radius 3 is 1.34 bits per heavy atom. The zero-order chi connectivity index (χ0) is 50.7. The Kier molecular flexibility index (Phi) is 18.9. The molecule has 7 nitrogen and oxygen atoms in total. The number of halogens is 7. The van der Waals surface area contributed by atoms with Gasteiger partial charge in [-0.05, 0) is 31.2 Å². The molecule has 0 bridgehead atoms. The average Bonchev–Trinajstić information content (AvgIpc) is 3.38. The number of aromatic hydroxyl groups is 1. The summed E-state index contributed by atoms with van der Waals surface area (Å²) in [6.07, 6.45) is -3.23. The van der Waals surface area contributed by atoms with Crippen LogP contribution in [-0.2, 0) is 9.13 Å². The summed E-state index contributed by atoms with van der Waals surface area (Å²) in [7, 11) is -5.57. The summed E-state index contributed by atoms with van der Waals surface area (Å²) in [5.74, 6) is -18.0. The van der Waals surface area contributed by atoms with Crippen molar-refractivity contribution in [3.05, 3.63) is 240 Å². The topological polar surface area (TPSA) is 111 Å². The summed E-state index contributed by atoms with van der Waals surface area (Å²) in [6.45, 7) is 5.71. The van der Waals surface area contributed by atoms with E-state index >= 15 is 0 Å². The molecule has 0 saturated heterocycles. The van der Waals surface area contributed by atoms with Gasteiger partial charge >= 0.3 is 23.6 Å². The molecule has 7 aromatic carbocycles. The van der Waals surface area contributed by atoms with E-state index in [0.717, 1.165) is 44.0 Å². The maximum Gasteiger partial charge on any atom is 0.460 e. The smallest absolute Gasteiger partial charge is 0.460 e. The van der Waals surface area contributed by atoms with Crippen molar-refractivity contribution in [1.29, 1.82) is 0 Å². The van der Waals surface area contributed by atoms with Gasteiger partial charge in [-0.1, -0.05) is 195 Å². The first kappa shape index (κ1) is 56.0. The third kappa shape index (κ3) is 11.9. The predicted octanol–water partition coefficient (Wildman–Crippen LogP) is 12.7. The van der Waals surface area contributed by atoms with Gasteiger partial charge in [0.05, 0.1) is 5.39 Å². The Hall–Kier alpha value is -5.95. The molecule has 0 atom stereocenters. The molecule has 0 saturated carbocycles. The number of ketones is 1. The molecule has 1 heterocycles. The molecule has 8 rings (SSSR count). The maximum absolute atomic E-state index is 13.8. The molecule has 71 heavy (non-hydrogen) atoms. The van der Waals surface area contributed by atoms with Gasteiger partial charge in [0.2, 0.25) is 5.78 Å². The molecular formula is C54H41EuF7O7P2. The first-order chi connectivity index (χ1) is 33.3. The van der Waals surface area contributed by atoms with E-state index in [-0.39, 0.29) is 60.9 Å². The van der Waals surface area contributed by atoms with Gasteiger partial charge in [0.1, 0.15) is 11.5 Å². The molecule has 0 amide bonds. The first-order valence-electron chi connectivity index (χ1n) is 21.0. The van der Waals surface area contributed by atoms with Crippen molar-refractivity contribution in [2.75, 3.05) is 0 Å². The SMILES string of the molecule is C=C/C(=C\C)P(=O)(c1ccccc1)c1ccccc1.O=C(c1c(O)c2cccc(Oc3ccccc3)c2oc1=O)C(F)(F)C(F)(F)C(F)(F)F.O=P(c1ccccc1)(c1ccccc1)c1ccccc1.[Eu]. The van der Waals surface area contributed by atoms with Gasteiger partial charge < -0.3 is 23.4 Å². The van der Waals surface area contributed by atoms with Crippen LogP contribution in [0.5, 0.6) is 17.2 Å². The van der Waals surface area contributed by atoms with Crippen LogP contribution in [0.1, 0.15) is 17.3 Å². The summed E-state index contributed by atoms with van der Waals surface area (Å²) in [6, 6.07) is 59.5. The largest absolute Gasteiger partial charge is 0.506 e. The van der Waals surface area contributed by atoms with E-state index in [1.165, 1.54) is 18.2 Å². The molecule has 0 aliphatic heterocycles. The number of allylic oxidation sites excluding steroid dienone is 3. The van der Waals surface area contributed by atoms with Crippen LogP contribution in [0, 0.1) is 49.4 Å². The number of fused-ring (bicyclic) bond motifs is 1. The molecule has 0 spiro atoms. The van der Waals surface area contributed by atoms with Crippen molar-refractivity contribution in [3.63, 3.8) is 0 Å². The van der Waals surface area contributed by atoms with Gasteiger partial charge in [-0.25, -0.2) is 4.79 Å². The third-order valence-corrected chi connectivity index (χ3v) is 16.9. The minimum atomic E-state index is -6.82. The first-order valence-corrected chi connectivity index (χ1v) is 24.4. The fraction of sp³-hybridized carbons (Fsp3) is 0.0741. The number of rotatable bonds is 12. The van der Waals surface area contributed by atoms with Crippen LogP contribution in [0.4, 0.5) is 30.7 Å². The van der Waals surface area contributed by atoms with Crippen LogP contribution in [0.3, 0.4) is 0 Å². The number of para-hydroxylation sites is 2. The number of hydrogen-bond donors (Lipinski definition) is 1. The van der Waals surface area contributed by atoms with Crippen LogP contribution in [0.25, 0.3) is 11.0 Å². The average molecular weight is 1150 g/mol.